The zero-order valence-electron chi connectivity index (χ0n) is 14.1. The number of nitrogens with one attached hydrogen (secondary N) is 2. The average molecular weight is 469 g/mol. The van der Waals surface area contributed by atoms with E-state index in [1.165, 1.54) is 0 Å². The summed E-state index contributed by atoms with van der Waals surface area (Å²) in [6.45, 7) is 7.26. The van der Waals surface area contributed by atoms with E-state index in [2.05, 4.69) is 25.1 Å². The molecule has 24 heavy (non-hydrogen) atoms. The molecule has 0 aromatic carbocycles. The summed E-state index contributed by atoms with van der Waals surface area (Å²) >= 11 is 0. The van der Waals surface area contributed by atoms with Crippen LogP contribution in [0.25, 0.3) is 0 Å². The molecule has 1 saturated heterocycles. The van der Waals surface area contributed by atoms with Crippen LogP contribution in [0.5, 0.6) is 0 Å². The van der Waals surface area contributed by atoms with Gasteiger partial charge in [-0.2, -0.15) is 0 Å². The van der Waals surface area contributed by atoms with Gasteiger partial charge in [-0.25, -0.2) is 8.42 Å². The van der Waals surface area contributed by atoms with Crippen LogP contribution in [-0.4, -0.2) is 74.6 Å². The first-order valence-corrected chi connectivity index (χ1v) is 9.97. The molecule has 1 aliphatic rings. The van der Waals surface area contributed by atoms with E-state index in [1.807, 2.05) is 31.5 Å². The maximum absolute atomic E-state index is 11.4. The van der Waals surface area contributed by atoms with Crippen molar-refractivity contribution in [2.24, 2.45) is 4.99 Å². The first kappa shape index (κ1) is 21.2. The van der Waals surface area contributed by atoms with Crippen molar-refractivity contribution >= 4 is 39.8 Å². The molecule has 0 spiro atoms. The second-order valence-corrected chi connectivity index (χ2v) is 7.91. The molecule has 7 nitrogen and oxygen atoms in total. The number of aliphatic imine (C=N–C) groups is 1. The third-order valence-corrected chi connectivity index (χ3v) is 5.41. The van der Waals surface area contributed by atoms with E-state index in [0.717, 1.165) is 32.1 Å². The largest absolute Gasteiger partial charge is 0.357 e. The Bertz CT molecular complexity index is 575. The van der Waals surface area contributed by atoms with E-state index in [4.69, 9.17) is 0 Å². The molecule has 0 radical (unpaired) electrons. The average Bonchev–Trinajstić information content (AvgIpc) is 3.02. The Morgan fingerprint density at radius 1 is 1.12 bits per heavy atom. The van der Waals surface area contributed by atoms with Gasteiger partial charge in [-0.15, -0.1) is 24.0 Å². The lowest BCUT2D eigenvalue weighted by Gasteiger charge is -2.25. The van der Waals surface area contributed by atoms with Crippen LogP contribution in [0.4, 0.5) is 0 Å². The van der Waals surface area contributed by atoms with Gasteiger partial charge in [0.15, 0.2) is 15.8 Å². The van der Waals surface area contributed by atoms with Crippen LogP contribution < -0.4 is 10.6 Å². The summed E-state index contributed by atoms with van der Waals surface area (Å²) in [5.74, 6) is 1.35. The fourth-order valence-electron chi connectivity index (χ4n) is 2.44. The molecule has 0 amide bonds. The molecule has 2 N–H and O–H groups in total. The predicted molar refractivity (Wildman–Crippen MR) is 109 cm³/mol. The molecule has 1 aromatic heterocycles. The number of nitrogens with zero attached hydrogens (tertiary/aromatic N) is 3. The lowest BCUT2D eigenvalue weighted by Crippen LogP contribution is -2.42. The van der Waals surface area contributed by atoms with E-state index >= 15 is 0 Å². The van der Waals surface area contributed by atoms with Gasteiger partial charge in [-0.1, -0.05) is 0 Å². The second kappa shape index (κ2) is 10.9. The molecule has 1 fully saturated rings. The number of guanidine groups is 1. The van der Waals surface area contributed by atoms with E-state index < -0.39 is 9.84 Å². The normalized spacial score (nSPS) is 18.0. The zero-order valence-corrected chi connectivity index (χ0v) is 17.3. The minimum atomic E-state index is -2.80. The number of halogens is 1. The molecule has 0 unspecified atom stereocenters. The summed E-state index contributed by atoms with van der Waals surface area (Å²) in [5, 5.41) is 6.54. The van der Waals surface area contributed by atoms with Crippen molar-refractivity contribution in [3.8, 4) is 0 Å². The van der Waals surface area contributed by atoms with Crippen LogP contribution in [0.1, 0.15) is 6.92 Å². The molecule has 1 aliphatic heterocycles. The van der Waals surface area contributed by atoms with Crippen LogP contribution in [-0.2, 0) is 16.4 Å². The Morgan fingerprint density at radius 3 is 2.42 bits per heavy atom. The van der Waals surface area contributed by atoms with Gasteiger partial charge in [0, 0.05) is 51.7 Å². The third-order valence-electron chi connectivity index (χ3n) is 3.80. The van der Waals surface area contributed by atoms with E-state index in [1.54, 1.807) is 0 Å². The molecule has 2 heterocycles. The third kappa shape index (κ3) is 7.84. The summed E-state index contributed by atoms with van der Waals surface area (Å²) in [4.78, 5) is 6.72. The Balaban J connectivity index is 0.00000288. The number of aromatic nitrogens is 1. The van der Waals surface area contributed by atoms with Crippen molar-refractivity contribution in [1.29, 1.82) is 0 Å². The quantitative estimate of drug-likeness (QED) is 0.343. The predicted octanol–water partition coefficient (Wildman–Crippen LogP) is 0.392. The minimum absolute atomic E-state index is 0. The highest BCUT2D eigenvalue weighted by atomic mass is 127. The van der Waals surface area contributed by atoms with Crippen molar-refractivity contribution < 1.29 is 8.42 Å². The SMILES string of the molecule is CCNC(=NCCN1CCS(=O)(=O)CC1)NCCn1cccc1.I. The highest BCUT2D eigenvalue weighted by Gasteiger charge is 2.20. The molecule has 0 aliphatic carbocycles. The van der Waals surface area contributed by atoms with Crippen molar-refractivity contribution in [2.45, 2.75) is 13.5 Å². The van der Waals surface area contributed by atoms with Gasteiger partial charge in [0.05, 0.1) is 18.1 Å². The molecule has 0 atom stereocenters. The highest BCUT2D eigenvalue weighted by molar-refractivity contribution is 14.0. The fourth-order valence-corrected chi connectivity index (χ4v) is 3.72. The maximum atomic E-state index is 11.4. The van der Waals surface area contributed by atoms with Crippen LogP contribution >= 0.6 is 24.0 Å². The van der Waals surface area contributed by atoms with Gasteiger partial charge in [-0.05, 0) is 19.1 Å². The van der Waals surface area contributed by atoms with Gasteiger partial charge >= 0.3 is 0 Å². The van der Waals surface area contributed by atoms with E-state index in [-0.39, 0.29) is 35.5 Å². The number of rotatable bonds is 7. The van der Waals surface area contributed by atoms with Crippen molar-refractivity contribution in [3.05, 3.63) is 24.5 Å². The summed E-state index contributed by atoms with van der Waals surface area (Å²) < 4.78 is 24.9. The Morgan fingerprint density at radius 2 is 1.79 bits per heavy atom. The van der Waals surface area contributed by atoms with Crippen LogP contribution in [0.15, 0.2) is 29.5 Å². The topological polar surface area (TPSA) is 78.7 Å². The summed E-state index contributed by atoms with van der Waals surface area (Å²) in [7, 11) is -2.80. The fraction of sp³-hybridized carbons (Fsp3) is 0.667. The molecule has 0 bridgehead atoms. The lowest BCUT2D eigenvalue weighted by atomic mass is 10.4. The number of hydrogen-bond donors (Lipinski definition) is 2. The highest BCUT2D eigenvalue weighted by Crippen LogP contribution is 2.02. The van der Waals surface area contributed by atoms with Crippen molar-refractivity contribution in [3.63, 3.8) is 0 Å². The number of hydrogen-bond acceptors (Lipinski definition) is 4. The molecular weight excluding hydrogens is 441 g/mol. The summed E-state index contributed by atoms with van der Waals surface area (Å²) in [5.41, 5.74) is 0. The molecule has 138 valence electrons. The van der Waals surface area contributed by atoms with Gasteiger partial charge in [0.1, 0.15) is 0 Å². The lowest BCUT2D eigenvalue weighted by molar-refractivity contribution is 0.304. The smallest absolute Gasteiger partial charge is 0.191 e. The molecule has 9 heteroatoms. The van der Waals surface area contributed by atoms with E-state index in [0.29, 0.717) is 19.6 Å². The van der Waals surface area contributed by atoms with Gasteiger partial charge in [0.25, 0.3) is 0 Å². The molecular formula is C15H28IN5O2S. The summed E-state index contributed by atoms with van der Waals surface area (Å²) in [6, 6.07) is 4.02. The Hall–Kier alpha value is -0.810. The van der Waals surface area contributed by atoms with Crippen LogP contribution in [0, 0.1) is 0 Å². The second-order valence-electron chi connectivity index (χ2n) is 5.60. The maximum Gasteiger partial charge on any atom is 0.191 e. The standard InChI is InChI=1S/C15H27N5O2S.HI/c1-2-16-15(17-5-9-19-7-3-4-8-19)18-6-10-20-11-13-23(21,22)14-12-20;/h3-4,7-8H,2,5-6,9-14H2,1H3,(H2,16,17,18);1H. The van der Waals surface area contributed by atoms with Gasteiger partial charge in [-0.3, -0.25) is 9.89 Å². The van der Waals surface area contributed by atoms with Gasteiger partial charge < -0.3 is 15.2 Å². The van der Waals surface area contributed by atoms with E-state index in [9.17, 15) is 8.42 Å². The van der Waals surface area contributed by atoms with Gasteiger partial charge in [0.2, 0.25) is 0 Å². The molecule has 1 aromatic rings. The first-order valence-electron chi connectivity index (χ1n) is 8.15. The van der Waals surface area contributed by atoms with Crippen LogP contribution in [0.2, 0.25) is 0 Å². The zero-order chi connectivity index (χ0) is 16.5. The molecule has 0 saturated carbocycles. The van der Waals surface area contributed by atoms with Crippen molar-refractivity contribution in [1.82, 2.24) is 20.1 Å². The monoisotopic (exact) mass is 469 g/mol. The van der Waals surface area contributed by atoms with Crippen LogP contribution in [0.3, 0.4) is 0 Å². The summed E-state index contributed by atoms with van der Waals surface area (Å²) in [6.07, 6.45) is 4.08. The Labute approximate surface area is 161 Å². The molecule has 2 rings (SSSR count). The Kier molecular flexibility index (Phi) is 9.67. The first-order chi connectivity index (χ1) is 11.1. The minimum Gasteiger partial charge on any atom is -0.357 e. The van der Waals surface area contributed by atoms with Crippen molar-refractivity contribution in [2.75, 3.05) is 50.8 Å². The number of sulfone groups is 1.